The lowest BCUT2D eigenvalue weighted by atomic mass is 9.99. The number of carbonyl (C=O) groups excluding carboxylic acids is 2. The first kappa shape index (κ1) is 17.7. The maximum atomic E-state index is 12.8. The second-order valence-electron chi connectivity index (χ2n) is 7.35. The number of hydrogen-bond donors (Lipinski definition) is 1. The molecule has 0 aliphatic carbocycles. The first-order valence-corrected chi connectivity index (χ1v) is 9.63. The predicted octanol–water partition coefficient (Wildman–Crippen LogP) is 2.69. The minimum absolute atomic E-state index is 0.0315. The average Bonchev–Trinajstić information content (AvgIpc) is 3.17. The molecular formula is C22H25N3O2. The highest BCUT2D eigenvalue weighted by Gasteiger charge is 2.24. The highest BCUT2D eigenvalue weighted by Crippen LogP contribution is 2.30. The third kappa shape index (κ3) is 3.60. The van der Waals surface area contributed by atoms with Crippen molar-refractivity contribution in [3.05, 3.63) is 64.7 Å². The molecule has 140 valence electrons. The Hall–Kier alpha value is -2.66. The van der Waals surface area contributed by atoms with E-state index in [1.165, 1.54) is 12.8 Å². The molecule has 0 radical (unpaired) electrons. The number of anilines is 1. The van der Waals surface area contributed by atoms with Crippen molar-refractivity contribution in [2.75, 3.05) is 38.1 Å². The van der Waals surface area contributed by atoms with Crippen LogP contribution in [-0.2, 0) is 6.42 Å². The van der Waals surface area contributed by atoms with E-state index in [1.54, 1.807) is 11.9 Å². The normalized spacial score (nSPS) is 16.6. The SMILES string of the molecule is CN1C(=O)c2ccccc2Cc2ccc(C(=O)NCCN3CCCC3)cc21. The largest absolute Gasteiger partial charge is 0.351 e. The predicted molar refractivity (Wildman–Crippen MR) is 106 cm³/mol. The van der Waals surface area contributed by atoms with E-state index in [9.17, 15) is 9.59 Å². The Morgan fingerprint density at radius 3 is 2.67 bits per heavy atom. The van der Waals surface area contributed by atoms with Gasteiger partial charge in [-0.1, -0.05) is 24.3 Å². The molecule has 5 nitrogen and oxygen atoms in total. The molecule has 2 aliphatic heterocycles. The third-order valence-electron chi connectivity index (χ3n) is 5.55. The zero-order valence-electron chi connectivity index (χ0n) is 15.7. The van der Waals surface area contributed by atoms with Gasteiger partial charge in [0, 0.05) is 43.4 Å². The fourth-order valence-electron chi connectivity index (χ4n) is 3.98. The lowest BCUT2D eigenvalue weighted by Gasteiger charge is -2.19. The van der Waals surface area contributed by atoms with Crippen LogP contribution in [0.2, 0.25) is 0 Å². The highest BCUT2D eigenvalue weighted by molar-refractivity contribution is 6.09. The molecule has 2 heterocycles. The molecule has 1 N–H and O–H groups in total. The summed E-state index contributed by atoms with van der Waals surface area (Å²) in [5.74, 6) is -0.115. The van der Waals surface area contributed by atoms with Gasteiger partial charge in [0.15, 0.2) is 0 Å². The fourth-order valence-corrected chi connectivity index (χ4v) is 3.98. The summed E-state index contributed by atoms with van der Waals surface area (Å²) in [5, 5.41) is 3.01. The molecule has 0 saturated carbocycles. The fraction of sp³-hybridized carbons (Fsp3) is 0.364. The molecular weight excluding hydrogens is 338 g/mol. The molecule has 0 aromatic heterocycles. The average molecular weight is 363 g/mol. The summed E-state index contributed by atoms with van der Waals surface area (Å²) in [7, 11) is 1.78. The summed E-state index contributed by atoms with van der Waals surface area (Å²) >= 11 is 0. The van der Waals surface area contributed by atoms with Crippen molar-refractivity contribution in [2.45, 2.75) is 19.3 Å². The zero-order chi connectivity index (χ0) is 18.8. The minimum atomic E-state index is -0.0837. The van der Waals surface area contributed by atoms with Gasteiger partial charge < -0.3 is 15.1 Å². The van der Waals surface area contributed by atoms with Crippen molar-refractivity contribution in [1.29, 1.82) is 0 Å². The summed E-state index contributed by atoms with van der Waals surface area (Å²) < 4.78 is 0. The Balaban J connectivity index is 1.51. The zero-order valence-corrected chi connectivity index (χ0v) is 15.7. The van der Waals surface area contributed by atoms with Gasteiger partial charge in [-0.3, -0.25) is 9.59 Å². The Morgan fingerprint density at radius 2 is 1.85 bits per heavy atom. The number of fused-ring (bicyclic) bond motifs is 2. The Kier molecular flexibility index (Phi) is 4.94. The molecule has 27 heavy (non-hydrogen) atoms. The third-order valence-corrected chi connectivity index (χ3v) is 5.55. The van der Waals surface area contributed by atoms with Gasteiger partial charge in [-0.25, -0.2) is 0 Å². The van der Waals surface area contributed by atoms with Crippen LogP contribution in [0.25, 0.3) is 0 Å². The van der Waals surface area contributed by atoms with E-state index >= 15 is 0 Å². The summed E-state index contributed by atoms with van der Waals surface area (Å²) in [5.41, 5.74) is 4.22. The van der Waals surface area contributed by atoms with Crippen molar-refractivity contribution >= 4 is 17.5 Å². The van der Waals surface area contributed by atoms with Crippen LogP contribution in [0.1, 0.15) is 44.7 Å². The molecule has 0 unspecified atom stereocenters. The topological polar surface area (TPSA) is 52.7 Å². The molecule has 0 spiro atoms. The van der Waals surface area contributed by atoms with Crippen LogP contribution in [-0.4, -0.2) is 49.9 Å². The van der Waals surface area contributed by atoms with Crippen LogP contribution in [0.4, 0.5) is 5.69 Å². The van der Waals surface area contributed by atoms with E-state index < -0.39 is 0 Å². The van der Waals surface area contributed by atoms with Crippen LogP contribution in [0.15, 0.2) is 42.5 Å². The number of nitrogens with one attached hydrogen (secondary N) is 1. The van der Waals surface area contributed by atoms with Gasteiger partial charge in [-0.05, 0) is 55.3 Å². The first-order chi connectivity index (χ1) is 13.1. The van der Waals surface area contributed by atoms with Crippen molar-refractivity contribution in [3.8, 4) is 0 Å². The quantitative estimate of drug-likeness (QED) is 0.909. The molecule has 2 aromatic rings. The lowest BCUT2D eigenvalue weighted by molar-refractivity contribution is 0.0947. The Morgan fingerprint density at radius 1 is 1.07 bits per heavy atom. The molecule has 2 aliphatic rings. The van der Waals surface area contributed by atoms with Crippen molar-refractivity contribution in [3.63, 3.8) is 0 Å². The van der Waals surface area contributed by atoms with Crippen LogP contribution < -0.4 is 10.2 Å². The number of likely N-dealkylation sites (tertiary alicyclic amines) is 1. The highest BCUT2D eigenvalue weighted by atomic mass is 16.2. The smallest absolute Gasteiger partial charge is 0.258 e. The van der Waals surface area contributed by atoms with Gasteiger partial charge in [-0.2, -0.15) is 0 Å². The van der Waals surface area contributed by atoms with Gasteiger partial charge in [0.2, 0.25) is 0 Å². The maximum absolute atomic E-state index is 12.8. The van der Waals surface area contributed by atoms with Crippen LogP contribution in [0, 0.1) is 0 Å². The standard InChI is InChI=1S/C22H25N3O2/c1-24-20-15-18(21(26)23-10-13-25-11-4-5-12-25)9-8-17(20)14-16-6-2-3-7-19(16)22(24)27/h2-3,6-9,15H,4-5,10-14H2,1H3,(H,23,26). The van der Waals surface area contributed by atoms with Gasteiger partial charge in [-0.15, -0.1) is 0 Å². The molecule has 5 heteroatoms. The number of nitrogens with zero attached hydrogens (tertiary/aromatic N) is 2. The number of carbonyl (C=O) groups is 2. The van der Waals surface area contributed by atoms with E-state index in [4.69, 9.17) is 0 Å². The number of hydrogen-bond acceptors (Lipinski definition) is 3. The van der Waals surface area contributed by atoms with E-state index in [1.807, 2.05) is 42.5 Å². The molecule has 1 fully saturated rings. The molecule has 1 saturated heterocycles. The molecule has 2 aromatic carbocycles. The van der Waals surface area contributed by atoms with Crippen LogP contribution in [0.3, 0.4) is 0 Å². The van der Waals surface area contributed by atoms with Crippen molar-refractivity contribution in [2.24, 2.45) is 0 Å². The molecule has 0 atom stereocenters. The first-order valence-electron chi connectivity index (χ1n) is 9.63. The van der Waals surface area contributed by atoms with E-state index in [0.29, 0.717) is 18.5 Å². The summed E-state index contributed by atoms with van der Waals surface area (Å²) in [6.45, 7) is 3.80. The van der Waals surface area contributed by atoms with Gasteiger partial charge in [0.25, 0.3) is 11.8 Å². The number of amides is 2. The molecule has 0 bridgehead atoms. The van der Waals surface area contributed by atoms with E-state index in [0.717, 1.165) is 42.0 Å². The van der Waals surface area contributed by atoms with Gasteiger partial charge in [0.05, 0.1) is 0 Å². The molecule has 4 rings (SSSR count). The summed E-state index contributed by atoms with van der Waals surface area (Å²) in [6.07, 6.45) is 3.20. The van der Waals surface area contributed by atoms with E-state index in [-0.39, 0.29) is 11.8 Å². The second kappa shape index (κ2) is 7.53. The summed E-state index contributed by atoms with van der Waals surface area (Å²) in [6, 6.07) is 13.4. The van der Waals surface area contributed by atoms with Gasteiger partial charge in [0.1, 0.15) is 0 Å². The second-order valence-corrected chi connectivity index (χ2v) is 7.35. The lowest BCUT2D eigenvalue weighted by Crippen LogP contribution is -2.33. The maximum Gasteiger partial charge on any atom is 0.258 e. The number of benzene rings is 2. The van der Waals surface area contributed by atoms with E-state index in [2.05, 4.69) is 10.2 Å². The minimum Gasteiger partial charge on any atom is -0.351 e. The van der Waals surface area contributed by atoms with Gasteiger partial charge >= 0.3 is 0 Å². The Labute approximate surface area is 160 Å². The van der Waals surface area contributed by atoms with Crippen molar-refractivity contribution in [1.82, 2.24) is 10.2 Å². The summed E-state index contributed by atoms with van der Waals surface area (Å²) in [4.78, 5) is 29.4. The Bertz CT molecular complexity index is 872. The van der Waals surface area contributed by atoms with Crippen LogP contribution in [0.5, 0.6) is 0 Å². The monoisotopic (exact) mass is 363 g/mol. The van der Waals surface area contributed by atoms with Crippen molar-refractivity contribution < 1.29 is 9.59 Å². The van der Waals surface area contributed by atoms with Crippen LogP contribution >= 0.6 is 0 Å². The number of rotatable bonds is 4. The molecule has 2 amide bonds.